The van der Waals surface area contributed by atoms with Gasteiger partial charge in [0, 0.05) is 10.5 Å². The molecule has 1 aromatic carbocycles. The van der Waals surface area contributed by atoms with Crippen molar-refractivity contribution in [3.63, 3.8) is 0 Å². The zero-order chi connectivity index (χ0) is 14.9. The average molecular weight is 376 g/mol. The monoisotopic (exact) mass is 375 g/mol. The van der Waals surface area contributed by atoms with E-state index in [1.165, 1.54) is 0 Å². The van der Waals surface area contributed by atoms with E-state index in [1.54, 1.807) is 24.3 Å². The van der Waals surface area contributed by atoms with Gasteiger partial charge in [-0.05, 0) is 47.3 Å². The summed E-state index contributed by atoms with van der Waals surface area (Å²) in [5.41, 5.74) is 0. The molecule has 3 rings (SSSR count). The Kier molecular flexibility index (Phi) is 4.66. The van der Waals surface area contributed by atoms with Crippen LogP contribution in [-0.4, -0.2) is 39.9 Å². The van der Waals surface area contributed by atoms with Crippen molar-refractivity contribution in [2.75, 3.05) is 13.2 Å². The van der Waals surface area contributed by atoms with Crippen molar-refractivity contribution in [2.45, 2.75) is 42.4 Å². The summed E-state index contributed by atoms with van der Waals surface area (Å²) in [4.78, 5) is 0.271. The summed E-state index contributed by atoms with van der Waals surface area (Å²) in [6.07, 6.45) is 2.37. The molecule has 1 aromatic rings. The van der Waals surface area contributed by atoms with Gasteiger partial charge in [-0.1, -0.05) is 12.1 Å². The topological polar surface area (TPSA) is 64.6 Å². The van der Waals surface area contributed by atoms with Gasteiger partial charge in [0.2, 0.25) is 10.0 Å². The number of sulfonamides is 1. The molecule has 5 nitrogen and oxygen atoms in total. The molecule has 0 spiro atoms. The molecule has 1 heterocycles. The lowest BCUT2D eigenvalue weighted by Gasteiger charge is -2.38. The zero-order valence-electron chi connectivity index (χ0n) is 11.5. The Balaban J connectivity index is 1.70. The van der Waals surface area contributed by atoms with Crippen LogP contribution in [0, 0.1) is 0 Å². The largest absolute Gasteiger partial charge is 0.373 e. The minimum Gasteiger partial charge on any atom is -0.373 e. The van der Waals surface area contributed by atoms with Gasteiger partial charge < -0.3 is 9.47 Å². The standard InChI is InChI=1S/C14H18BrNO4S/c15-11-3-1-2-4-14(11)21(17,18)16-10-5-6-12-13(9-10)20-8-7-19-12/h1-4,10,12-13,16H,5-9H2. The third-order valence-corrected chi connectivity index (χ3v) is 6.46. The van der Waals surface area contributed by atoms with E-state index < -0.39 is 10.0 Å². The van der Waals surface area contributed by atoms with Crippen molar-refractivity contribution in [3.05, 3.63) is 28.7 Å². The molecule has 1 saturated carbocycles. The van der Waals surface area contributed by atoms with Crippen molar-refractivity contribution in [2.24, 2.45) is 0 Å². The molecule has 3 unspecified atom stereocenters. The molecule has 1 saturated heterocycles. The van der Waals surface area contributed by atoms with Crippen molar-refractivity contribution >= 4 is 26.0 Å². The van der Waals surface area contributed by atoms with E-state index in [2.05, 4.69) is 20.7 Å². The molecule has 2 fully saturated rings. The molecule has 2 aliphatic rings. The lowest BCUT2D eigenvalue weighted by atomic mass is 9.90. The predicted molar refractivity (Wildman–Crippen MR) is 81.6 cm³/mol. The summed E-state index contributed by atoms with van der Waals surface area (Å²) in [5, 5.41) is 0. The Morgan fingerprint density at radius 1 is 1.10 bits per heavy atom. The minimum absolute atomic E-state index is 0.000543. The first-order chi connectivity index (χ1) is 10.1. The van der Waals surface area contributed by atoms with Gasteiger partial charge in [0.25, 0.3) is 0 Å². The van der Waals surface area contributed by atoms with Crippen molar-refractivity contribution in [1.29, 1.82) is 0 Å². The smallest absolute Gasteiger partial charge is 0.241 e. The maximum absolute atomic E-state index is 12.5. The number of hydrogen-bond donors (Lipinski definition) is 1. The number of nitrogens with one attached hydrogen (secondary N) is 1. The predicted octanol–water partition coefficient (Wildman–Crippen LogP) is 2.06. The maximum Gasteiger partial charge on any atom is 0.241 e. The quantitative estimate of drug-likeness (QED) is 0.877. The van der Waals surface area contributed by atoms with Crippen LogP contribution in [0.2, 0.25) is 0 Å². The fourth-order valence-electron chi connectivity index (χ4n) is 2.92. The Morgan fingerprint density at radius 3 is 2.57 bits per heavy atom. The highest BCUT2D eigenvalue weighted by Gasteiger charge is 2.36. The van der Waals surface area contributed by atoms with Crippen molar-refractivity contribution in [1.82, 2.24) is 4.72 Å². The maximum atomic E-state index is 12.5. The summed E-state index contributed by atoms with van der Waals surface area (Å²) in [5.74, 6) is 0. The molecule has 0 amide bonds. The second-order valence-corrected chi connectivity index (χ2v) is 7.92. The van der Waals surface area contributed by atoms with Crippen LogP contribution in [0.4, 0.5) is 0 Å². The lowest BCUT2D eigenvalue weighted by molar-refractivity contribution is -0.156. The van der Waals surface area contributed by atoms with Crippen LogP contribution in [0.3, 0.4) is 0 Å². The van der Waals surface area contributed by atoms with E-state index in [4.69, 9.17) is 9.47 Å². The normalized spacial score (nSPS) is 29.9. The molecule has 21 heavy (non-hydrogen) atoms. The van der Waals surface area contributed by atoms with E-state index in [1.807, 2.05) is 0 Å². The van der Waals surface area contributed by atoms with Crippen molar-refractivity contribution < 1.29 is 17.9 Å². The van der Waals surface area contributed by atoms with Crippen molar-refractivity contribution in [3.8, 4) is 0 Å². The highest BCUT2D eigenvalue weighted by Crippen LogP contribution is 2.28. The summed E-state index contributed by atoms with van der Waals surface area (Å²) >= 11 is 3.29. The third-order valence-electron chi connectivity index (χ3n) is 3.93. The Bertz CT molecular complexity index is 607. The Morgan fingerprint density at radius 2 is 1.81 bits per heavy atom. The second-order valence-electron chi connectivity index (χ2n) is 5.38. The van der Waals surface area contributed by atoms with Gasteiger partial charge in [-0.15, -0.1) is 0 Å². The molecule has 1 aliphatic heterocycles. The third kappa shape index (κ3) is 3.48. The summed E-state index contributed by atoms with van der Waals surface area (Å²) in [7, 11) is -3.52. The van der Waals surface area contributed by atoms with Gasteiger partial charge in [0.1, 0.15) is 0 Å². The van der Waals surface area contributed by atoms with E-state index >= 15 is 0 Å². The Labute approximate surface area is 133 Å². The highest BCUT2D eigenvalue weighted by molar-refractivity contribution is 9.10. The number of ether oxygens (including phenoxy) is 2. The summed E-state index contributed by atoms with van der Waals surface area (Å²) in [6.45, 7) is 1.22. The first-order valence-electron chi connectivity index (χ1n) is 7.06. The summed E-state index contributed by atoms with van der Waals surface area (Å²) in [6, 6.07) is 6.72. The number of fused-ring (bicyclic) bond motifs is 1. The molecule has 3 atom stereocenters. The summed E-state index contributed by atoms with van der Waals surface area (Å²) < 4.78 is 39.6. The lowest BCUT2D eigenvalue weighted by Crippen LogP contribution is -2.49. The fourth-order valence-corrected chi connectivity index (χ4v) is 5.21. The average Bonchev–Trinajstić information content (AvgIpc) is 2.47. The van der Waals surface area contributed by atoms with Crippen LogP contribution >= 0.6 is 15.9 Å². The van der Waals surface area contributed by atoms with E-state index in [-0.39, 0.29) is 23.1 Å². The zero-order valence-corrected chi connectivity index (χ0v) is 13.9. The van der Waals surface area contributed by atoms with Gasteiger partial charge in [0.05, 0.1) is 30.3 Å². The minimum atomic E-state index is -3.52. The molecule has 116 valence electrons. The Hall–Kier alpha value is -0.470. The number of hydrogen-bond acceptors (Lipinski definition) is 4. The molecule has 0 radical (unpaired) electrons. The van der Waals surface area contributed by atoms with Gasteiger partial charge in [0.15, 0.2) is 0 Å². The number of benzene rings is 1. The second kappa shape index (κ2) is 6.34. The molecular weight excluding hydrogens is 358 g/mol. The molecule has 0 aromatic heterocycles. The molecule has 1 aliphatic carbocycles. The van der Waals surface area contributed by atoms with E-state index in [0.717, 1.165) is 12.8 Å². The molecule has 0 bridgehead atoms. The highest BCUT2D eigenvalue weighted by atomic mass is 79.9. The molecule has 1 N–H and O–H groups in total. The van der Waals surface area contributed by atoms with Gasteiger partial charge >= 0.3 is 0 Å². The SMILES string of the molecule is O=S(=O)(NC1CCC2OCCOC2C1)c1ccccc1Br. The molecule has 7 heteroatoms. The van der Waals surface area contributed by atoms with Crippen LogP contribution in [0.25, 0.3) is 0 Å². The van der Waals surface area contributed by atoms with Crippen LogP contribution in [0.5, 0.6) is 0 Å². The van der Waals surface area contributed by atoms with E-state index in [0.29, 0.717) is 24.1 Å². The van der Waals surface area contributed by atoms with Crippen LogP contribution in [0.15, 0.2) is 33.6 Å². The molecular formula is C14H18BrNO4S. The first-order valence-corrected chi connectivity index (χ1v) is 9.34. The first kappa shape index (κ1) is 15.4. The van der Waals surface area contributed by atoms with Crippen LogP contribution in [0.1, 0.15) is 19.3 Å². The number of halogens is 1. The van der Waals surface area contributed by atoms with E-state index in [9.17, 15) is 8.42 Å². The van der Waals surface area contributed by atoms with Gasteiger partial charge in [-0.2, -0.15) is 0 Å². The van der Waals surface area contributed by atoms with Gasteiger partial charge in [-0.25, -0.2) is 13.1 Å². The fraction of sp³-hybridized carbons (Fsp3) is 0.571. The number of rotatable bonds is 3. The van der Waals surface area contributed by atoms with Crippen LogP contribution < -0.4 is 4.72 Å². The van der Waals surface area contributed by atoms with Gasteiger partial charge in [-0.3, -0.25) is 0 Å². The van der Waals surface area contributed by atoms with Crippen LogP contribution in [-0.2, 0) is 19.5 Å².